The van der Waals surface area contributed by atoms with Crippen molar-refractivity contribution in [3.05, 3.63) is 30.3 Å². The summed E-state index contributed by atoms with van der Waals surface area (Å²) in [6.07, 6.45) is 0. The number of rotatable bonds is 4. The van der Waals surface area contributed by atoms with Gasteiger partial charge in [-0.2, -0.15) is 0 Å². The first-order valence-electron chi connectivity index (χ1n) is 4.98. The number of halogens is 1. The first kappa shape index (κ1) is 15.4. The van der Waals surface area contributed by atoms with Crippen molar-refractivity contribution in [2.24, 2.45) is 5.73 Å². The maximum Gasteiger partial charge on any atom is 0.243 e. The minimum Gasteiger partial charge on any atom is -0.346 e. The van der Waals surface area contributed by atoms with Crippen molar-refractivity contribution in [1.82, 2.24) is 5.32 Å². The molecule has 1 atom stereocenters. The minimum absolute atomic E-state index is 0. The third kappa shape index (κ3) is 5.89. The van der Waals surface area contributed by atoms with Crippen molar-refractivity contribution in [3.8, 4) is 0 Å². The normalized spacial score (nSPS) is 10.9. The molecule has 5 nitrogen and oxygen atoms in total. The van der Waals surface area contributed by atoms with E-state index in [0.717, 1.165) is 0 Å². The van der Waals surface area contributed by atoms with Gasteiger partial charge in [-0.25, -0.2) is 0 Å². The van der Waals surface area contributed by atoms with E-state index >= 15 is 0 Å². The van der Waals surface area contributed by atoms with Crippen LogP contribution in [-0.4, -0.2) is 24.4 Å². The monoisotopic (exact) mass is 257 g/mol. The molecule has 6 heteroatoms. The highest BCUT2D eigenvalue weighted by molar-refractivity contribution is 5.95. The number of anilines is 1. The fraction of sp³-hybridized carbons (Fsp3) is 0.273. The summed E-state index contributed by atoms with van der Waals surface area (Å²) < 4.78 is 0. The van der Waals surface area contributed by atoms with E-state index in [2.05, 4.69) is 10.6 Å². The van der Waals surface area contributed by atoms with Crippen LogP contribution in [0.4, 0.5) is 5.69 Å². The molecule has 0 saturated heterocycles. The molecule has 1 rings (SSSR count). The summed E-state index contributed by atoms with van der Waals surface area (Å²) in [6, 6.07) is 8.42. The van der Waals surface area contributed by atoms with E-state index < -0.39 is 6.04 Å². The lowest BCUT2D eigenvalue weighted by Crippen LogP contribution is -2.41. The van der Waals surface area contributed by atoms with Gasteiger partial charge in [-0.3, -0.25) is 9.59 Å². The fourth-order valence-electron chi connectivity index (χ4n) is 1.06. The molecule has 0 heterocycles. The summed E-state index contributed by atoms with van der Waals surface area (Å²) in [4.78, 5) is 22.5. The Bertz CT molecular complexity index is 368. The zero-order valence-corrected chi connectivity index (χ0v) is 10.3. The standard InChI is InChI=1S/C11H15N3O2.ClH/c1-8(12)11(16)13-7-10(15)14-9-5-3-2-4-6-9;/h2-6,8H,7,12H2,1H3,(H,13,16)(H,14,15);1H/t8-;/m1./s1. The Kier molecular flexibility index (Phi) is 6.93. The summed E-state index contributed by atoms with van der Waals surface area (Å²) in [7, 11) is 0. The third-order valence-corrected chi connectivity index (χ3v) is 1.89. The van der Waals surface area contributed by atoms with Crippen molar-refractivity contribution < 1.29 is 9.59 Å². The minimum atomic E-state index is -0.607. The van der Waals surface area contributed by atoms with Crippen LogP contribution in [0.1, 0.15) is 6.92 Å². The summed E-state index contributed by atoms with van der Waals surface area (Å²) in [5.41, 5.74) is 6.03. The molecule has 0 bridgehead atoms. The first-order valence-corrected chi connectivity index (χ1v) is 4.98. The van der Waals surface area contributed by atoms with Crippen LogP contribution in [0.3, 0.4) is 0 Å². The average molecular weight is 258 g/mol. The number of carbonyl (C=O) groups is 2. The number of nitrogens with one attached hydrogen (secondary N) is 2. The molecule has 0 aliphatic carbocycles. The van der Waals surface area contributed by atoms with Crippen LogP contribution in [0.2, 0.25) is 0 Å². The van der Waals surface area contributed by atoms with Crippen LogP contribution >= 0.6 is 12.4 Å². The van der Waals surface area contributed by atoms with Gasteiger partial charge in [0, 0.05) is 5.69 Å². The van der Waals surface area contributed by atoms with E-state index in [0.29, 0.717) is 5.69 Å². The molecule has 94 valence electrons. The zero-order valence-electron chi connectivity index (χ0n) is 9.47. The van der Waals surface area contributed by atoms with Crippen LogP contribution in [0.5, 0.6) is 0 Å². The molecule has 0 aliphatic rings. The molecule has 4 N–H and O–H groups in total. The Morgan fingerprint density at radius 1 is 1.29 bits per heavy atom. The number of hydrogen-bond acceptors (Lipinski definition) is 3. The SMILES string of the molecule is C[C@@H](N)C(=O)NCC(=O)Nc1ccccc1.Cl. The van der Waals surface area contributed by atoms with Crippen molar-refractivity contribution in [2.75, 3.05) is 11.9 Å². The Morgan fingerprint density at radius 3 is 2.41 bits per heavy atom. The van der Waals surface area contributed by atoms with Gasteiger partial charge in [0.2, 0.25) is 11.8 Å². The van der Waals surface area contributed by atoms with Crippen LogP contribution < -0.4 is 16.4 Å². The van der Waals surface area contributed by atoms with Gasteiger partial charge in [-0.15, -0.1) is 12.4 Å². The summed E-state index contributed by atoms with van der Waals surface area (Å²) in [5.74, 6) is -0.622. The van der Waals surface area contributed by atoms with Gasteiger partial charge in [-0.05, 0) is 19.1 Å². The van der Waals surface area contributed by atoms with Crippen LogP contribution in [0.25, 0.3) is 0 Å². The number of amides is 2. The van der Waals surface area contributed by atoms with E-state index in [9.17, 15) is 9.59 Å². The van der Waals surface area contributed by atoms with Gasteiger partial charge >= 0.3 is 0 Å². The molecule has 0 unspecified atom stereocenters. The van der Waals surface area contributed by atoms with E-state index in [1.54, 1.807) is 19.1 Å². The summed E-state index contributed by atoms with van der Waals surface area (Å²) >= 11 is 0. The Morgan fingerprint density at radius 2 is 1.88 bits per heavy atom. The van der Waals surface area contributed by atoms with Gasteiger partial charge in [0.15, 0.2) is 0 Å². The molecule has 0 aromatic heterocycles. The summed E-state index contributed by atoms with van der Waals surface area (Å²) in [6.45, 7) is 1.49. The highest BCUT2D eigenvalue weighted by atomic mass is 35.5. The molecule has 0 radical (unpaired) electrons. The van der Waals surface area contributed by atoms with E-state index in [4.69, 9.17) is 5.73 Å². The Balaban J connectivity index is 0.00000256. The molecule has 1 aromatic carbocycles. The van der Waals surface area contributed by atoms with Crippen LogP contribution in [0.15, 0.2) is 30.3 Å². The molecule has 0 fully saturated rings. The number of benzene rings is 1. The van der Waals surface area contributed by atoms with Gasteiger partial charge in [0.05, 0.1) is 12.6 Å². The molecule has 2 amide bonds. The smallest absolute Gasteiger partial charge is 0.243 e. The van der Waals surface area contributed by atoms with Gasteiger partial charge in [-0.1, -0.05) is 18.2 Å². The van der Waals surface area contributed by atoms with E-state index in [-0.39, 0.29) is 30.8 Å². The van der Waals surface area contributed by atoms with Crippen molar-refractivity contribution in [2.45, 2.75) is 13.0 Å². The second-order valence-corrected chi connectivity index (χ2v) is 3.42. The number of hydrogen-bond donors (Lipinski definition) is 3. The van der Waals surface area contributed by atoms with Crippen molar-refractivity contribution >= 4 is 29.9 Å². The van der Waals surface area contributed by atoms with Crippen LogP contribution in [0, 0.1) is 0 Å². The molecular weight excluding hydrogens is 242 g/mol. The number of nitrogens with two attached hydrogens (primary N) is 1. The zero-order chi connectivity index (χ0) is 12.0. The van der Waals surface area contributed by atoms with E-state index in [1.807, 2.05) is 18.2 Å². The highest BCUT2D eigenvalue weighted by Gasteiger charge is 2.08. The average Bonchev–Trinajstić information content (AvgIpc) is 2.27. The maximum atomic E-state index is 11.4. The van der Waals surface area contributed by atoms with Crippen molar-refractivity contribution in [1.29, 1.82) is 0 Å². The van der Waals surface area contributed by atoms with Crippen LogP contribution in [-0.2, 0) is 9.59 Å². The third-order valence-electron chi connectivity index (χ3n) is 1.89. The topological polar surface area (TPSA) is 84.2 Å². The second-order valence-electron chi connectivity index (χ2n) is 3.42. The lowest BCUT2D eigenvalue weighted by Gasteiger charge is -2.08. The maximum absolute atomic E-state index is 11.4. The molecule has 0 saturated carbocycles. The molecule has 0 aliphatic heterocycles. The lowest BCUT2D eigenvalue weighted by atomic mass is 10.3. The first-order chi connectivity index (χ1) is 7.59. The quantitative estimate of drug-likeness (QED) is 0.735. The molecular formula is C11H16ClN3O2. The van der Waals surface area contributed by atoms with Crippen molar-refractivity contribution in [3.63, 3.8) is 0 Å². The Hall–Kier alpha value is -1.59. The molecule has 17 heavy (non-hydrogen) atoms. The van der Waals surface area contributed by atoms with Gasteiger partial charge in [0.25, 0.3) is 0 Å². The van der Waals surface area contributed by atoms with E-state index in [1.165, 1.54) is 0 Å². The predicted molar refractivity (Wildman–Crippen MR) is 69.0 cm³/mol. The molecule has 1 aromatic rings. The van der Waals surface area contributed by atoms with Gasteiger partial charge < -0.3 is 16.4 Å². The lowest BCUT2D eigenvalue weighted by molar-refractivity contribution is -0.124. The molecule has 0 spiro atoms. The summed E-state index contributed by atoms with van der Waals surface area (Å²) in [5, 5.41) is 5.07. The fourth-order valence-corrected chi connectivity index (χ4v) is 1.06. The highest BCUT2D eigenvalue weighted by Crippen LogP contribution is 2.03. The second kappa shape index (κ2) is 7.65. The predicted octanol–water partition coefficient (Wildman–Crippen LogP) is 0.510. The largest absolute Gasteiger partial charge is 0.346 e. The number of para-hydroxylation sites is 1. The van der Waals surface area contributed by atoms with Gasteiger partial charge in [0.1, 0.15) is 0 Å². The number of carbonyl (C=O) groups excluding carboxylic acids is 2. The Labute approximate surface area is 106 Å².